The summed E-state index contributed by atoms with van der Waals surface area (Å²) in [7, 11) is 1.50. The molecule has 0 aliphatic carbocycles. The summed E-state index contributed by atoms with van der Waals surface area (Å²) in [4.78, 5) is 39.9. The van der Waals surface area contributed by atoms with Crippen molar-refractivity contribution in [1.82, 2.24) is 14.5 Å². The zero-order chi connectivity index (χ0) is 19.1. The number of carboxylic acid groups (broad SMARTS) is 1. The Morgan fingerprint density at radius 1 is 1.41 bits per heavy atom. The van der Waals surface area contributed by atoms with Crippen LogP contribution in [0.15, 0.2) is 33.8 Å². The molecular weight excluding hydrogens is 370 g/mol. The van der Waals surface area contributed by atoms with Gasteiger partial charge in [0, 0.05) is 17.8 Å². The number of aromatic carboxylic acids is 1. The van der Waals surface area contributed by atoms with E-state index in [0.29, 0.717) is 35.2 Å². The molecule has 3 aromatic rings. The number of hydrogen-bond acceptors (Lipinski definition) is 8. The van der Waals surface area contributed by atoms with Gasteiger partial charge in [0.25, 0.3) is 0 Å². The topological polar surface area (TPSA) is 110 Å². The first kappa shape index (κ1) is 17.2. The molecule has 4 heterocycles. The monoisotopic (exact) mass is 385 g/mol. The Balaban J connectivity index is 1.94. The van der Waals surface area contributed by atoms with E-state index in [0.717, 1.165) is 5.71 Å². The Bertz CT molecular complexity index is 1130. The van der Waals surface area contributed by atoms with Gasteiger partial charge in [0.15, 0.2) is 10.8 Å². The Morgan fingerprint density at radius 2 is 2.19 bits per heavy atom. The molecule has 0 atom stereocenters. The third-order valence-electron chi connectivity index (χ3n) is 4.29. The summed E-state index contributed by atoms with van der Waals surface area (Å²) in [5.74, 6) is -0.596. The summed E-state index contributed by atoms with van der Waals surface area (Å²) in [6.45, 7) is 2.94. The highest BCUT2D eigenvalue weighted by molar-refractivity contribution is 7.12. The first-order chi connectivity index (χ1) is 13.0. The van der Waals surface area contributed by atoms with Crippen LogP contribution in [0.3, 0.4) is 0 Å². The number of hydrogen-bond donors (Lipinski definition) is 1. The Kier molecular flexibility index (Phi) is 4.11. The normalized spacial score (nSPS) is 13.6. The quantitative estimate of drug-likeness (QED) is 0.680. The van der Waals surface area contributed by atoms with Gasteiger partial charge >= 0.3 is 5.97 Å². The van der Waals surface area contributed by atoms with Crippen LogP contribution in [-0.4, -0.2) is 51.5 Å². The lowest BCUT2D eigenvalue weighted by atomic mass is 10.1. The molecule has 27 heavy (non-hydrogen) atoms. The van der Waals surface area contributed by atoms with Gasteiger partial charge in [-0.1, -0.05) is 5.16 Å². The lowest BCUT2D eigenvalue weighted by Gasteiger charge is -2.33. The summed E-state index contributed by atoms with van der Waals surface area (Å²) in [5, 5.41) is 15.9. The van der Waals surface area contributed by atoms with Gasteiger partial charge in [-0.05, 0) is 18.6 Å². The van der Waals surface area contributed by atoms with Crippen molar-refractivity contribution in [2.45, 2.75) is 6.92 Å². The van der Waals surface area contributed by atoms with Crippen LogP contribution in [0.1, 0.15) is 15.9 Å². The maximum Gasteiger partial charge on any atom is 0.341 e. The molecule has 10 heteroatoms. The number of anilines is 1. The van der Waals surface area contributed by atoms with Gasteiger partial charge in [-0.2, -0.15) is 0 Å². The summed E-state index contributed by atoms with van der Waals surface area (Å²) in [5.41, 5.74) is 1.08. The van der Waals surface area contributed by atoms with Gasteiger partial charge in [0.2, 0.25) is 5.43 Å². The molecule has 4 rings (SSSR count). The zero-order valence-corrected chi connectivity index (χ0v) is 15.4. The van der Waals surface area contributed by atoms with E-state index in [1.807, 2.05) is 4.90 Å². The highest BCUT2D eigenvalue weighted by Gasteiger charge is 2.26. The molecule has 9 nitrogen and oxygen atoms in total. The van der Waals surface area contributed by atoms with Crippen molar-refractivity contribution in [1.29, 1.82) is 0 Å². The predicted octanol–water partition coefficient (Wildman–Crippen LogP) is 1.67. The summed E-state index contributed by atoms with van der Waals surface area (Å²) in [6, 6.07) is 1.78. The SMILES string of the molecule is CON=C1CN(c2cc(C)c3c(=O)c(C(=O)O)cn(-c4nccs4)c3n2)C1. The highest BCUT2D eigenvalue weighted by atomic mass is 32.1. The van der Waals surface area contributed by atoms with Crippen LogP contribution in [0.4, 0.5) is 5.82 Å². The Morgan fingerprint density at radius 3 is 2.81 bits per heavy atom. The number of thiazole rings is 1. The Hall–Kier alpha value is -3.27. The van der Waals surface area contributed by atoms with Crippen LogP contribution >= 0.6 is 11.3 Å². The molecule has 1 saturated heterocycles. The van der Waals surface area contributed by atoms with Crippen LogP contribution in [0.25, 0.3) is 16.2 Å². The van der Waals surface area contributed by atoms with Crippen LogP contribution in [0.5, 0.6) is 0 Å². The Labute approximate surface area is 157 Å². The lowest BCUT2D eigenvalue weighted by molar-refractivity contribution is 0.0695. The van der Waals surface area contributed by atoms with Gasteiger partial charge in [-0.3, -0.25) is 9.36 Å². The number of fused-ring (bicyclic) bond motifs is 1. The van der Waals surface area contributed by atoms with E-state index in [1.165, 1.54) is 24.6 Å². The fourth-order valence-corrected chi connectivity index (χ4v) is 3.63. The van der Waals surface area contributed by atoms with Gasteiger partial charge < -0.3 is 14.8 Å². The van der Waals surface area contributed by atoms with E-state index in [9.17, 15) is 14.7 Å². The summed E-state index contributed by atoms with van der Waals surface area (Å²) in [6.07, 6.45) is 2.90. The smallest absolute Gasteiger partial charge is 0.341 e. The van der Waals surface area contributed by atoms with Crippen LogP contribution in [0, 0.1) is 6.92 Å². The van der Waals surface area contributed by atoms with Gasteiger partial charge in [0.05, 0.1) is 24.2 Å². The molecule has 0 unspecified atom stereocenters. The fourth-order valence-electron chi connectivity index (χ4n) is 3.02. The number of nitrogens with zero attached hydrogens (tertiary/aromatic N) is 5. The largest absolute Gasteiger partial charge is 0.477 e. The first-order valence-corrected chi connectivity index (χ1v) is 8.91. The molecule has 1 aliphatic rings. The maximum absolute atomic E-state index is 12.7. The van der Waals surface area contributed by atoms with Gasteiger partial charge in [-0.15, -0.1) is 11.3 Å². The lowest BCUT2D eigenvalue weighted by Crippen LogP contribution is -2.48. The number of aryl methyl sites for hydroxylation is 1. The van der Waals surface area contributed by atoms with Crippen molar-refractivity contribution in [3.63, 3.8) is 0 Å². The molecule has 0 radical (unpaired) electrons. The molecule has 0 bridgehead atoms. The minimum atomic E-state index is -1.28. The second-order valence-electron chi connectivity index (χ2n) is 6.05. The number of pyridine rings is 2. The van der Waals surface area contributed by atoms with E-state index < -0.39 is 11.4 Å². The molecule has 0 aromatic carbocycles. The number of carbonyl (C=O) groups is 1. The molecule has 1 aliphatic heterocycles. The maximum atomic E-state index is 12.7. The number of rotatable bonds is 4. The molecule has 3 aromatic heterocycles. The first-order valence-electron chi connectivity index (χ1n) is 8.03. The molecule has 0 saturated carbocycles. The van der Waals surface area contributed by atoms with Crippen molar-refractivity contribution < 1.29 is 14.7 Å². The fraction of sp³-hybridized carbons (Fsp3) is 0.235. The molecule has 0 amide bonds. The third kappa shape index (κ3) is 2.83. The molecule has 138 valence electrons. The summed E-state index contributed by atoms with van der Waals surface area (Å²) < 4.78 is 1.56. The van der Waals surface area contributed by atoms with Crippen molar-refractivity contribution in [3.8, 4) is 5.13 Å². The number of aromatic nitrogens is 3. The standard InChI is InChI=1S/C17H15N5O4S/c1-9-5-12(21-6-10(7-21)20-26-2)19-15-13(9)14(23)11(16(24)25)8-22(15)17-18-3-4-27-17/h3-5,8H,6-7H2,1-2H3,(H,24,25). The van der Waals surface area contributed by atoms with E-state index in [2.05, 4.69) is 15.1 Å². The van der Waals surface area contributed by atoms with Crippen LogP contribution in [0.2, 0.25) is 0 Å². The second kappa shape index (κ2) is 6.47. The van der Waals surface area contributed by atoms with Crippen molar-refractivity contribution >= 4 is 39.9 Å². The average molecular weight is 385 g/mol. The van der Waals surface area contributed by atoms with Crippen LogP contribution in [-0.2, 0) is 4.84 Å². The van der Waals surface area contributed by atoms with Gasteiger partial charge in [-0.25, -0.2) is 14.8 Å². The van der Waals surface area contributed by atoms with E-state index >= 15 is 0 Å². The molecule has 1 N–H and O–H groups in total. The van der Waals surface area contributed by atoms with Crippen molar-refractivity contribution in [3.05, 3.63) is 45.2 Å². The second-order valence-corrected chi connectivity index (χ2v) is 6.93. The van der Waals surface area contributed by atoms with Crippen LogP contribution < -0.4 is 10.3 Å². The average Bonchev–Trinajstić information content (AvgIpc) is 3.11. The van der Waals surface area contributed by atoms with E-state index in [4.69, 9.17) is 4.84 Å². The minimum absolute atomic E-state index is 0.278. The minimum Gasteiger partial charge on any atom is -0.477 e. The molecule has 0 spiro atoms. The van der Waals surface area contributed by atoms with E-state index in [-0.39, 0.29) is 10.9 Å². The predicted molar refractivity (Wildman–Crippen MR) is 101 cm³/mol. The summed E-state index contributed by atoms with van der Waals surface area (Å²) >= 11 is 1.33. The van der Waals surface area contributed by atoms with Crippen molar-refractivity contribution in [2.75, 3.05) is 25.1 Å². The molecule has 1 fully saturated rings. The van der Waals surface area contributed by atoms with Crippen molar-refractivity contribution in [2.24, 2.45) is 5.16 Å². The zero-order valence-electron chi connectivity index (χ0n) is 14.5. The highest BCUT2D eigenvalue weighted by Crippen LogP contribution is 2.26. The third-order valence-corrected chi connectivity index (χ3v) is 5.06. The van der Waals surface area contributed by atoms with Gasteiger partial charge in [0.1, 0.15) is 18.5 Å². The number of oxime groups is 1. The van der Waals surface area contributed by atoms with E-state index in [1.54, 1.807) is 29.1 Å². The number of carboxylic acids is 1. The molecular formula is C17H15N5O4S.